The second kappa shape index (κ2) is 12.7. The number of hydrazone groups is 1. The lowest BCUT2D eigenvalue weighted by Gasteiger charge is -2.20. The summed E-state index contributed by atoms with van der Waals surface area (Å²) in [4.78, 5) is 36.3. The highest BCUT2D eigenvalue weighted by molar-refractivity contribution is 9.10. The Morgan fingerprint density at radius 2 is 1.88 bits per heavy atom. The number of carbonyl (C=O) groups is 3. The lowest BCUT2D eigenvalue weighted by molar-refractivity contribution is -0.143. The topological polar surface area (TPSA) is 115 Å². The molecule has 0 spiro atoms. The van der Waals surface area contributed by atoms with E-state index < -0.39 is 29.6 Å². The van der Waals surface area contributed by atoms with Crippen molar-refractivity contribution in [1.82, 2.24) is 10.7 Å². The summed E-state index contributed by atoms with van der Waals surface area (Å²) in [5.41, 5.74) is 2.77. The van der Waals surface area contributed by atoms with E-state index in [-0.39, 0.29) is 18.1 Å². The smallest absolute Gasteiger partial charge is 0.343 e. The highest BCUT2D eigenvalue weighted by atomic mass is 79.9. The maximum absolute atomic E-state index is 13.9. The molecule has 1 atom stereocenters. The maximum Gasteiger partial charge on any atom is 0.343 e. The molecule has 2 aromatic carbocycles. The van der Waals surface area contributed by atoms with Crippen LogP contribution in [0.2, 0.25) is 0 Å². The summed E-state index contributed by atoms with van der Waals surface area (Å²) in [6, 6.07) is 7.80. The van der Waals surface area contributed by atoms with Gasteiger partial charge in [0.1, 0.15) is 11.9 Å². The van der Waals surface area contributed by atoms with Crippen molar-refractivity contribution in [1.29, 1.82) is 0 Å². The molecule has 0 bridgehead atoms. The van der Waals surface area contributed by atoms with Crippen molar-refractivity contribution >= 4 is 39.9 Å². The summed E-state index contributed by atoms with van der Waals surface area (Å²) in [5, 5.41) is 6.47. The molecule has 0 aromatic heterocycles. The van der Waals surface area contributed by atoms with Crippen molar-refractivity contribution in [2.75, 3.05) is 20.8 Å². The van der Waals surface area contributed by atoms with Gasteiger partial charge in [-0.1, -0.05) is 26.0 Å². The maximum atomic E-state index is 13.9. The van der Waals surface area contributed by atoms with Gasteiger partial charge in [-0.25, -0.2) is 14.6 Å². The van der Waals surface area contributed by atoms with Gasteiger partial charge in [0, 0.05) is 0 Å². The van der Waals surface area contributed by atoms with Crippen molar-refractivity contribution in [3.05, 3.63) is 57.8 Å². The van der Waals surface area contributed by atoms with Crippen LogP contribution in [-0.4, -0.2) is 50.9 Å². The van der Waals surface area contributed by atoms with E-state index in [1.165, 1.54) is 44.7 Å². The van der Waals surface area contributed by atoms with Gasteiger partial charge in [-0.05, 0) is 51.7 Å². The average molecular weight is 538 g/mol. The third-order valence-electron chi connectivity index (χ3n) is 4.56. The molecule has 34 heavy (non-hydrogen) atoms. The Labute approximate surface area is 204 Å². The number of methoxy groups -OCH3 is 2. The average Bonchev–Trinajstić information content (AvgIpc) is 2.81. The van der Waals surface area contributed by atoms with Gasteiger partial charge in [0.25, 0.3) is 11.8 Å². The molecule has 0 aliphatic carbocycles. The molecule has 0 saturated heterocycles. The van der Waals surface area contributed by atoms with Crippen LogP contribution in [0, 0.1) is 11.7 Å². The zero-order valence-electron chi connectivity index (χ0n) is 19.1. The Kier molecular flexibility index (Phi) is 9.99. The number of esters is 1. The molecule has 0 fully saturated rings. The first-order valence-corrected chi connectivity index (χ1v) is 10.9. The number of rotatable bonds is 10. The van der Waals surface area contributed by atoms with Crippen molar-refractivity contribution in [3.63, 3.8) is 0 Å². The second-order valence-electron chi connectivity index (χ2n) is 7.31. The summed E-state index contributed by atoms with van der Waals surface area (Å²) < 4.78 is 29.6. The molecule has 2 aromatic rings. The second-order valence-corrected chi connectivity index (χ2v) is 8.16. The molecule has 11 heteroatoms. The van der Waals surface area contributed by atoms with Gasteiger partial charge in [0.05, 0.1) is 30.5 Å². The summed E-state index contributed by atoms with van der Waals surface area (Å²) in [5.74, 6) is -2.17. The number of ether oxygens (including phenoxy) is 3. The summed E-state index contributed by atoms with van der Waals surface area (Å²) in [6.45, 7) is 3.18. The van der Waals surface area contributed by atoms with E-state index in [0.29, 0.717) is 21.5 Å². The van der Waals surface area contributed by atoms with Crippen LogP contribution in [0.5, 0.6) is 11.5 Å². The normalized spacial score (nSPS) is 11.7. The summed E-state index contributed by atoms with van der Waals surface area (Å²) >= 11 is 3.34. The number of hydrogen-bond donors (Lipinski definition) is 2. The third-order valence-corrected chi connectivity index (χ3v) is 5.15. The van der Waals surface area contributed by atoms with Crippen LogP contribution in [0.4, 0.5) is 4.39 Å². The number of hydrogen-bond acceptors (Lipinski definition) is 7. The predicted octanol–water partition coefficient (Wildman–Crippen LogP) is 3.05. The molecule has 0 heterocycles. The molecule has 0 aliphatic rings. The molecule has 2 amide bonds. The lowest BCUT2D eigenvalue weighted by atomic mass is 10.0. The number of carbonyl (C=O) groups excluding carboxylic acids is 3. The quantitative estimate of drug-likeness (QED) is 0.273. The fraction of sp³-hybridized carbons (Fsp3) is 0.304. The standard InChI is InChI=1S/C23H25BrFN3O6/c1-13(2)20(27-22(30)15-7-5-6-8-17(15)25)23(31)28-26-11-14-9-16(24)21(18(10-14)32-3)34-12-19(29)33-4/h5-11,13,20H,12H2,1-4H3,(H,27,30)(H,28,31)/b26-11+. The van der Waals surface area contributed by atoms with Crippen molar-refractivity contribution < 1.29 is 33.0 Å². The van der Waals surface area contributed by atoms with Gasteiger partial charge < -0.3 is 19.5 Å². The van der Waals surface area contributed by atoms with Gasteiger partial charge in [-0.3, -0.25) is 9.59 Å². The molecule has 0 aliphatic heterocycles. The van der Waals surface area contributed by atoms with Crippen LogP contribution in [-0.2, 0) is 14.3 Å². The van der Waals surface area contributed by atoms with Crippen molar-refractivity contribution in [3.8, 4) is 11.5 Å². The summed E-state index contributed by atoms with van der Waals surface area (Å²) in [7, 11) is 2.68. The molecule has 0 saturated carbocycles. The van der Waals surface area contributed by atoms with E-state index in [1.54, 1.807) is 26.0 Å². The minimum Gasteiger partial charge on any atom is -0.493 e. The van der Waals surface area contributed by atoms with Crippen LogP contribution in [0.3, 0.4) is 0 Å². The van der Waals surface area contributed by atoms with Crippen molar-refractivity contribution in [2.45, 2.75) is 19.9 Å². The van der Waals surface area contributed by atoms with E-state index in [1.807, 2.05) is 0 Å². The predicted molar refractivity (Wildman–Crippen MR) is 126 cm³/mol. The zero-order chi connectivity index (χ0) is 25.3. The van der Waals surface area contributed by atoms with E-state index in [9.17, 15) is 18.8 Å². The first-order chi connectivity index (χ1) is 16.2. The van der Waals surface area contributed by atoms with Gasteiger partial charge >= 0.3 is 5.97 Å². The van der Waals surface area contributed by atoms with E-state index in [0.717, 1.165) is 0 Å². The Morgan fingerprint density at radius 3 is 2.50 bits per heavy atom. The van der Waals surface area contributed by atoms with Gasteiger partial charge in [-0.15, -0.1) is 0 Å². The number of nitrogens with one attached hydrogen (secondary N) is 2. The van der Waals surface area contributed by atoms with Gasteiger partial charge in [0.2, 0.25) is 0 Å². The lowest BCUT2D eigenvalue weighted by Crippen LogP contribution is -2.48. The van der Waals surface area contributed by atoms with Crippen LogP contribution >= 0.6 is 15.9 Å². The minimum absolute atomic E-state index is 0.157. The zero-order valence-corrected chi connectivity index (χ0v) is 20.6. The first-order valence-electron chi connectivity index (χ1n) is 10.1. The SMILES string of the molecule is COC(=O)COc1c(Br)cc(/C=N/NC(=O)C(NC(=O)c2ccccc2F)C(C)C)cc1OC. The number of halogens is 2. The Bertz CT molecular complexity index is 1080. The molecule has 2 rings (SSSR count). The van der Waals surface area contributed by atoms with Gasteiger partial charge in [0.15, 0.2) is 18.1 Å². The largest absolute Gasteiger partial charge is 0.493 e. The monoisotopic (exact) mass is 537 g/mol. The molecular formula is C23H25BrFN3O6. The van der Waals surface area contributed by atoms with Crippen LogP contribution in [0.25, 0.3) is 0 Å². The van der Waals surface area contributed by atoms with E-state index in [2.05, 4.69) is 36.5 Å². The van der Waals surface area contributed by atoms with E-state index in [4.69, 9.17) is 9.47 Å². The van der Waals surface area contributed by atoms with Crippen molar-refractivity contribution in [2.24, 2.45) is 11.0 Å². The van der Waals surface area contributed by atoms with Crippen LogP contribution < -0.4 is 20.2 Å². The molecular weight excluding hydrogens is 513 g/mol. The fourth-order valence-corrected chi connectivity index (χ4v) is 3.36. The molecule has 2 N–H and O–H groups in total. The Morgan fingerprint density at radius 1 is 1.18 bits per heavy atom. The number of benzene rings is 2. The Hall–Kier alpha value is -3.47. The highest BCUT2D eigenvalue weighted by Gasteiger charge is 2.25. The van der Waals surface area contributed by atoms with Crippen LogP contribution in [0.1, 0.15) is 29.8 Å². The van der Waals surface area contributed by atoms with Gasteiger partial charge in [-0.2, -0.15) is 5.10 Å². The molecule has 0 radical (unpaired) electrons. The Balaban J connectivity index is 2.09. The summed E-state index contributed by atoms with van der Waals surface area (Å²) in [6.07, 6.45) is 1.37. The van der Waals surface area contributed by atoms with Crippen LogP contribution in [0.15, 0.2) is 46.0 Å². The van der Waals surface area contributed by atoms with E-state index >= 15 is 0 Å². The number of nitrogens with zero attached hydrogens (tertiary/aromatic N) is 1. The molecule has 1 unspecified atom stereocenters. The highest BCUT2D eigenvalue weighted by Crippen LogP contribution is 2.36. The fourth-order valence-electron chi connectivity index (χ4n) is 2.78. The third kappa shape index (κ3) is 7.27. The number of amides is 2. The molecule has 182 valence electrons. The molecule has 9 nitrogen and oxygen atoms in total. The minimum atomic E-state index is -0.945. The first kappa shape index (κ1) is 26.8.